The molecule has 2 atom stereocenters. The number of nitrogens with zero attached hydrogens (tertiary/aromatic N) is 2. The minimum absolute atomic E-state index is 0.184. The molecule has 0 unspecified atom stereocenters. The van der Waals surface area contributed by atoms with Crippen LogP contribution in [0, 0.1) is 5.92 Å². The van der Waals surface area contributed by atoms with Gasteiger partial charge in [0.15, 0.2) is 0 Å². The van der Waals surface area contributed by atoms with Gasteiger partial charge in [-0.2, -0.15) is 0 Å². The molecule has 9 heteroatoms. The highest BCUT2D eigenvalue weighted by Gasteiger charge is 2.37. The molecule has 0 radical (unpaired) electrons. The summed E-state index contributed by atoms with van der Waals surface area (Å²) in [5, 5.41) is 4.50. The fourth-order valence-electron chi connectivity index (χ4n) is 3.59. The molecule has 0 N–H and O–H groups in total. The summed E-state index contributed by atoms with van der Waals surface area (Å²) < 4.78 is 15.7. The van der Waals surface area contributed by atoms with Gasteiger partial charge < -0.3 is 23.9 Å². The fourth-order valence-corrected chi connectivity index (χ4v) is 3.83. The Morgan fingerprint density at radius 1 is 1.28 bits per heavy atom. The lowest BCUT2D eigenvalue weighted by atomic mass is 9.97. The Balaban J connectivity index is 1.68. The van der Waals surface area contributed by atoms with Crippen molar-refractivity contribution in [3.05, 3.63) is 22.7 Å². The maximum Gasteiger partial charge on any atom is 0.310 e. The lowest BCUT2D eigenvalue weighted by molar-refractivity contribution is -0.153. The Morgan fingerprint density at radius 3 is 2.72 bits per heavy atom. The molecular weight excluding hydrogens is 400 g/mol. The van der Waals surface area contributed by atoms with Crippen molar-refractivity contribution < 1.29 is 28.6 Å². The molecule has 1 fully saturated rings. The average molecular weight is 425 g/mol. The maximum atomic E-state index is 12.9. The second kappa shape index (κ2) is 9.35. The van der Waals surface area contributed by atoms with Crippen LogP contribution >= 0.6 is 11.6 Å². The van der Waals surface area contributed by atoms with E-state index in [0.29, 0.717) is 53.9 Å². The zero-order valence-electron chi connectivity index (χ0n) is 16.8. The Hall–Kier alpha value is -2.48. The number of amides is 1. The lowest BCUT2D eigenvalue weighted by Crippen LogP contribution is -2.47. The molecule has 0 aromatic heterocycles. The van der Waals surface area contributed by atoms with Crippen molar-refractivity contribution in [3.8, 4) is 11.5 Å². The van der Waals surface area contributed by atoms with Gasteiger partial charge in [0.1, 0.15) is 11.5 Å². The van der Waals surface area contributed by atoms with Crippen molar-refractivity contribution in [2.75, 3.05) is 33.9 Å². The van der Waals surface area contributed by atoms with E-state index in [4.69, 9.17) is 30.6 Å². The Kier molecular flexibility index (Phi) is 6.84. The van der Waals surface area contributed by atoms with Gasteiger partial charge in [0, 0.05) is 31.1 Å². The number of methoxy groups -OCH3 is 2. The number of likely N-dealkylation sites (tertiary alicyclic amines) is 1. The molecule has 29 heavy (non-hydrogen) atoms. The maximum absolute atomic E-state index is 12.9. The molecule has 2 aliphatic rings. The molecular formula is C20H25ClN2O6. The summed E-state index contributed by atoms with van der Waals surface area (Å²) in [4.78, 5) is 32.0. The summed E-state index contributed by atoms with van der Waals surface area (Å²) in [5.74, 6) is 0.276. The number of rotatable bonds is 6. The zero-order chi connectivity index (χ0) is 21.0. The third kappa shape index (κ3) is 4.58. The van der Waals surface area contributed by atoms with Crippen molar-refractivity contribution in [2.45, 2.75) is 32.3 Å². The highest BCUT2D eigenvalue weighted by atomic mass is 35.5. The molecule has 1 aromatic carbocycles. The number of esters is 1. The zero-order valence-corrected chi connectivity index (χ0v) is 17.5. The minimum atomic E-state index is -0.739. The van der Waals surface area contributed by atoms with E-state index < -0.39 is 6.10 Å². The summed E-state index contributed by atoms with van der Waals surface area (Å²) >= 11 is 6.23. The number of carbonyl (C=O) groups is 2. The second-order valence-electron chi connectivity index (χ2n) is 6.90. The molecule has 3 rings (SSSR count). The van der Waals surface area contributed by atoms with Crippen LogP contribution in [-0.2, 0) is 19.2 Å². The van der Waals surface area contributed by atoms with Crippen LogP contribution in [0.5, 0.6) is 11.5 Å². The van der Waals surface area contributed by atoms with Crippen LogP contribution in [0.2, 0.25) is 5.02 Å². The van der Waals surface area contributed by atoms with E-state index in [9.17, 15) is 9.59 Å². The molecule has 2 aliphatic heterocycles. The average Bonchev–Trinajstić information content (AvgIpc) is 3.23. The molecule has 0 saturated carbocycles. The van der Waals surface area contributed by atoms with Crippen LogP contribution < -0.4 is 9.47 Å². The highest BCUT2D eigenvalue weighted by molar-refractivity contribution is 6.32. The lowest BCUT2D eigenvalue weighted by Gasteiger charge is -2.32. The van der Waals surface area contributed by atoms with E-state index in [-0.39, 0.29) is 17.8 Å². The van der Waals surface area contributed by atoms with Gasteiger partial charge in [-0.15, -0.1) is 0 Å². The summed E-state index contributed by atoms with van der Waals surface area (Å²) in [5.41, 5.74) is 1.22. The van der Waals surface area contributed by atoms with E-state index in [2.05, 4.69) is 5.16 Å². The minimum Gasteiger partial charge on any atom is -0.496 e. The SMILES string of the molecule is CCOC(=O)[C@H]1CCCN(C(=O)[C@@H]2CC(c3cc(Cl)c(OC)cc3OC)=NO2)C1. The van der Waals surface area contributed by atoms with Crippen molar-refractivity contribution >= 4 is 29.2 Å². The fraction of sp³-hybridized carbons (Fsp3) is 0.550. The van der Waals surface area contributed by atoms with Gasteiger partial charge in [-0.25, -0.2) is 0 Å². The Morgan fingerprint density at radius 2 is 2.03 bits per heavy atom. The normalized spacial score (nSPS) is 21.2. The van der Waals surface area contributed by atoms with Crippen LogP contribution in [-0.4, -0.2) is 62.5 Å². The first-order chi connectivity index (χ1) is 14.0. The summed E-state index contributed by atoms with van der Waals surface area (Å²) in [6, 6.07) is 3.36. The monoisotopic (exact) mass is 424 g/mol. The van der Waals surface area contributed by atoms with E-state index in [1.54, 1.807) is 24.0 Å². The van der Waals surface area contributed by atoms with Crippen molar-refractivity contribution in [1.29, 1.82) is 0 Å². The first-order valence-electron chi connectivity index (χ1n) is 9.58. The number of ether oxygens (including phenoxy) is 3. The molecule has 0 spiro atoms. The number of hydrogen-bond acceptors (Lipinski definition) is 7. The first-order valence-corrected chi connectivity index (χ1v) is 9.96. The van der Waals surface area contributed by atoms with Crippen molar-refractivity contribution in [1.82, 2.24) is 4.90 Å². The third-order valence-corrected chi connectivity index (χ3v) is 5.38. The number of oxime groups is 1. The van der Waals surface area contributed by atoms with Crippen molar-refractivity contribution in [3.63, 3.8) is 0 Å². The van der Waals surface area contributed by atoms with Crippen LogP contribution in [0.1, 0.15) is 31.7 Å². The van der Waals surface area contributed by atoms with E-state index >= 15 is 0 Å². The predicted octanol–water partition coefficient (Wildman–Crippen LogP) is 2.65. The quantitative estimate of drug-likeness (QED) is 0.652. The molecule has 0 aliphatic carbocycles. The smallest absolute Gasteiger partial charge is 0.310 e. The number of halogens is 1. The Bertz CT molecular complexity index is 812. The van der Waals surface area contributed by atoms with Gasteiger partial charge in [-0.1, -0.05) is 16.8 Å². The van der Waals surface area contributed by atoms with E-state index in [1.807, 2.05) is 0 Å². The number of piperidine rings is 1. The number of hydrogen-bond donors (Lipinski definition) is 0. The van der Waals surface area contributed by atoms with Gasteiger partial charge in [-0.05, 0) is 25.8 Å². The van der Waals surface area contributed by atoms with Crippen LogP contribution in [0.25, 0.3) is 0 Å². The summed E-state index contributed by atoms with van der Waals surface area (Å²) in [6.45, 7) is 3.03. The van der Waals surface area contributed by atoms with Crippen molar-refractivity contribution in [2.24, 2.45) is 11.1 Å². The molecule has 2 heterocycles. The van der Waals surface area contributed by atoms with Gasteiger partial charge in [0.25, 0.3) is 5.91 Å². The molecule has 158 valence electrons. The third-order valence-electron chi connectivity index (χ3n) is 5.08. The van der Waals surface area contributed by atoms with Gasteiger partial charge in [0.05, 0.1) is 37.5 Å². The molecule has 0 bridgehead atoms. The van der Waals surface area contributed by atoms with E-state index in [0.717, 1.165) is 12.8 Å². The van der Waals surface area contributed by atoms with Crippen LogP contribution in [0.15, 0.2) is 17.3 Å². The first kappa shape index (κ1) is 21.2. The van der Waals surface area contributed by atoms with Crippen LogP contribution in [0.4, 0.5) is 0 Å². The predicted molar refractivity (Wildman–Crippen MR) is 107 cm³/mol. The standard InChI is InChI=1S/C20H25ClN2O6/c1-4-28-20(25)12-6-5-7-23(11-12)19(24)18-9-15(22-29-18)13-8-14(21)17(27-3)10-16(13)26-2/h8,10,12,18H,4-7,9,11H2,1-3H3/t12-,18-/m0/s1. The molecule has 8 nitrogen and oxygen atoms in total. The van der Waals surface area contributed by atoms with Gasteiger partial charge in [0.2, 0.25) is 6.10 Å². The molecule has 1 amide bonds. The number of carbonyl (C=O) groups excluding carboxylic acids is 2. The Labute approximate surface area is 174 Å². The molecule has 1 saturated heterocycles. The topological polar surface area (TPSA) is 86.7 Å². The highest BCUT2D eigenvalue weighted by Crippen LogP contribution is 2.35. The largest absolute Gasteiger partial charge is 0.496 e. The molecule has 1 aromatic rings. The van der Waals surface area contributed by atoms with Crippen LogP contribution in [0.3, 0.4) is 0 Å². The second-order valence-corrected chi connectivity index (χ2v) is 7.31. The number of benzene rings is 1. The van der Waals surface area contributed by atoms with Gasteiger partial charge >= 0.3 is 5.97 Å². The van der Waals surface area contributed by atoms with Gasteiger partial charge in [-0.3, -0.25) is 9.59 Å². The summed E-state index contributed by atoms with van der Waals surface area (Å²) in [7, 11) is 3.06. The van der Waals surface area contributed by atoms with E-state index in [1.165, 1.54) is 14.2 Å². The summed E-state index contributed by atoms with van der Waals surface area (Å²) in [6.07, 6.45) is 1.02.